The van der Waals surface area contributed by atoms with E-state index in [-0.39, 0.29) is 12.5 Å². The lowest BCUT2D eigenvalue weighted by Gasteiger charge is -2.23. The molecule has 1 aromatic heterocycles. The van der Waals surface area contributed by atoms with Crippen molar-refractivity contribution < 1.29 is 29.0 Å². The summed E-state index contributed by atoms with van der Waals surface area (Å²) in [6.45, 7) is 1.08. The topological polar surface area (TPSA) is 122 Å². The van der Waals surface area contributed by atoms with Crippen LogP contribution in [0.2, 0.25) is 0 Å². The number of carbonyl (C=O) groups is 3. The van der Waals surface area contributed by atoms with E-state index >= 15 is 0 Å². The predicted molar refractivity (Wildman–Crippen MR) is 177 cm³/mol. The van der Waals surface area contributed by atoms with E-state index in [1.54, 1.807) is 51.5 Å². The summed E-state index contributed by atoms with van der Waals surface area (Å²) in [5.74, 6) is 0.350. The summed E-state index contributed by atoms with van der Waals surface area (Å²) in [5.41, 5.74) is 6.09. The minimum absolute atomic E-state index is 0.0924. The van der Waals surface area contributed by atoms with E-state index in [0.29, 0.717) is 30.3 Å². The van der Waals surface area contributed by atoms with E-state index in [1.165, 1.54) is 29.7 Å². The number of urea groups is 1. The monoisotopic (exact) mass is 624 g/mol. The first-order chi connectivity index (χ1) is 22.2. The van der Waals surface area contributed by atoms with E-state index in [2.05, 4.69) is 21.3 Å². The second-order valence-electron chi connectivity index (χ2n) is 12.3. The molecule has 2 aliphatic rings. The largest absolute Gasteiger partial charge is 0.497 e. The van der Waals surface area contributed by atoms with Gasteiger partial charge in [0.25, 0.3) is 5.91 Å². The summed E-state index contributed by atoms with van der Waals surface area (Å²) in [4.78, 5) is 39.2. The molecule has 1 fully saturated rings. The number of anilines is 1. The molecule has 1 aliphatic heterocycles. The molecule has 10 heteroatoms. The minimum Gasteiger partial charge on any atom is -0.497 e. The molecule has 240 valence electrons. The summed E-state index contributed by atoms with van der Waals surface area (Å²) < 4.78 is 13.9. The van der Waals surface area contributed by atoms with Gasteiger partial charge in [-0.1, -0.05) is 37.5 Å². The molecule has 0 radical (unpaired) electrons. The third kappa shape index (κ3) is 6.24. The van der Waals surface area contributed by atoms with Crippen molar-refractivity contribution in [3.05, 3.63) is 77.4 Å². The lowest BCUT2D eigenvalue weighted by Crippen LogP contribution is -2.42. The molecule has 46 heavy (non-hydrogen) atoms. The first kappa shape index (κ1) is 31.0. The van der Waals surface area contributed by atoms with Gasteiger partial charge in [0.1, 0.15) is 24.1 Å². The standard InChI is InChI=1S/C36H40N4O6/c1-39(2)36(44)37-25-12-9-22(10-13-25)19-29(35(42)43)38-34(41)24-11-15-27-30(20-24)40-17-18-46-31-21-26(45-3)14-16-28(31)33(40)32(27)23-7-5-4-6-8-23/h9-16,20-21,23,29H,4-8,17-19H2,1-3H3,(H,37,44)(H,38,41)(H,42,43)/t29-/m0/s1. The molecule has 10 nitrogen and oxygen atoms in total. The number of ether oxygens (including phenoxy) is 2. The number of amides is 3. The zero-order valence-corrected chi connectivity index (χ0v) is 26.5. The van der Waals surface area contributed by atoms with E-state index in [0.717, 1.165) is 52.1 Å². The lowest BCUT2D eigenvalue weighted by molar-refractivity contribution is -0.139. The molecule has 0 unspecified atom stereocenters. The maximum absolute atomic E-state index is 13.6. The number of benzene rings is 3. The van der Waals surface area contributed by atoms with Crippen LogP contribution in [-0.4, -0.2) is 66.3 Å². The van der Waals surface area contributed by atoms with E-state index < -0.39 is 17.9 Å². The van der Waals surface area contributed by atoms with E-state index in [4.69, 9.17) is 9.47 Å². The Bertz CT molecular complexity index is 1770. The van der Waals surface area contributed by atoms with Crippen LogP contribution >= 0.6 is 0 Å². The quantitative estimate of drug-likeness (QED) is 0.212. The van der Waals surface area contributed by atoms with Gasteiger partial charge in [0.2, 0.25) is 0 Å². The lowest BCUT2D eigenvalue weighted by atomic mass is 9.81. The van der Waals surface area contributed by atoms with Crippen LogP contribution in [0.15, 0.2) is 60.7 Å². The van der Waals surface area contributed by atoms with Gasteiger partial charge in [-0.05, 0) is 66.3 Å². The Labute approximate surface area is 268 Å². The average molecular weight is 625 g/mol. The Balaban J connectivity index is 1.31. The molecule has 4 aromatic rings. The van der Waals surface area contributed by atoms with Crippen molar-refractivity contribution in [2.45, 2.75) is 57.0 Å². The molecular formula is C36H40N4O6. The van der Waals surface area contributed by atoms with Crippen molar-refractivity contribution in [1.29, 1.82) is 0 Å². The zero-order chi connectivity index (χ0) is 32.4. The summed E-state index contributed by atoms with van der Waals surface area (Å²) in [6, 6.07) is 17.2. The Morgan fingerprint density at radius 1 is 1.02 bits per heavy atom. The molecule has 3 amide bonds. The van der Waals surface area contributed by atoms with E-state index in [9.17, 15) is 19.5 Å². The Hall–Kier alpha value is -4.99. The van der Waals surface area contributed by atoms with Gasteiger partial charge in [-0.2, -0.15) is 0 Å². The van der Waals surface area contributed by atoms with Crippen LogP contribution in [0, 0.1) is 0 Å². The van der Waals surface area contributed by atoms with Crippen molar-refractivity contribution in [1.82, 2.24) is 14.8 Å². The average Bonchev–Trinajstić information content (AvgIpc) is 3.26. The number of nitrogens with zero attached hydrogens (tertiary/aromatic N) is 2. The van der Waals surface area contributed by atoms with Gasteiger partial charge in [-0.3, -0.25) is 4.79 Å². The molecule has 3 N–H and O–H groups in total. The second-order valence-corrected chi connectivity index (χ2v) is 12.3. The number of nitrogens with one attached hydrogen (secondary N) is 2. The summed E-state index contributed by atoms with van der Waals surface area (Å²) >= 11 is 0. The third-order valence-corrected chi connectivity index (χ3v) is 9.05. The highest BCUT2D eigenvalue weighted by Gasteiger charge is 2.30. The zero-order valence-electron chi connectivity index (χ0n) is 26.5. The number of fused-ring (bicyclic) bond motifs is 5. The summed E-state index contributed by atoms with van der Waals surface area (Å²) in [5, 5.41) is 16.6. The number of aromatic nitrogens is 1. The highest BCUT2D eigenvalue weighted by atomic mass is 16.5. The number of hydrogen-bond acceptors (Lipinski definition) is 5. The molecule has 1 aliphatic carbocycles. The van der Waals surface area contributed by atoms with Crippen molar-refractivity contribution in [2.75, 3.05) is 33.1 Å². The molecule has 2 heterocycles. The van der Waals surface area contributed by atoms with Gasteiger partial charge < -0.3 is 34.7 Å². The van der Waals surface area contributed by atoms with Gasteiger partial charge >= 0.3 is 12.0 Å². The predicted octanol–water partition coefficient (Wildman–Crippen LogP) is 6.28. The van der Waals surface area contributed by atoms with Gasteiger partial charge in [0.15, 0.2) is 0 Å². The van der Waals surface area contributed by atoms with Crippen LogP contribution in [0.3, 0.4) is 0 Å². The van der Waals surface area contributed by atoms with Crippen LogP contribution in [-0.2, 0) is 17.8 Å². The Morgan fingerprint density at radius 3 is 2.48 bits per heavy atom. The molecule has 0 saturated heterocycles. The Kier molecular flexibility index (Phi) is 8.87. The van der Waals surface area contributed by atoms with Crippen molar-refractivity contribution in [2.24, 2.45) is 0 Å². The molecule has 0 spiro atoms. The molecule has 3 aromatic carbocycles. The molecular weight excluding hydrogens is 584 g/mol. The van der Waals surface area contributed by atoms with Gasteiger partial charge in [-0.15, -0.1) is 0 Å². The fraction of sp³-hybridized carbons (Fsp3) is 0.361. The molecule has 6 rings (SSSR count). The van der Waals surface area contributed by atoms with Crippen LogP contribution in [0.25, 0.3) is 22.2 Å². The number of carbonyl (C=O) groups excluding carboxylic acids is 2. The fourth-order valence-corrected chi connectivity index (χ4v) is 6.67. The third-order valence-electron chi connectivity index (χ3n) is 9.05. The van der Waals surface area contributed by atoms with Crippen LogP contribution in [0.5, 0.6) is 11.5 Å². The highest BCUT2D eigenvalue weighted by Crippen LogP contribution is 2.47. The Morgan fingerprint density at radius 2 is 1.78 bits per heavy atom. The first-order valence-electron chi connectivity index (χ1n) is 15.8. The second kappa shape index (κ2) is 13.2. The van der Waals surface area contributed by atoms with Crippen molar-refractivity contribution in [3.63, 3.8) is 0 Å². The normalized spacial score (nSPS) is 15.1. The highest BCUT2D eigenvalue weighted by molar-refractivity contribution is 6.02. The summed E-state index contributed by atoms with van der Waals surface area (Å²) in [7, 11) is 4.94. The number of carboxylic acid groups (broad SMARTS) is 1. The van der Waals surface area contributed by atoms with Crippen LogP contribution in [0.4, 0.5) is 10.5 Å². The van der Waals surface area contributed by atoms with Crippen LogP contribution < -0.4 is 20.1 Å². The number of hydrogen-bond donors (Lipinski definition) is 3. The SMILES string of the molecule is COc1ccc2c(c1)OCCn1c-2c(C2CCCCC2)c2ccc(C(=O)N[C@@H](Cc3ccc(NC(=O)N(C)C)cc3)C(=O)O)cc21. The fourth-order valence-electron chi connectivity index (χ4n) is 6.67. The smallest absolute Gasteiger partial charge is 0.326 e. The van der Waals surface area contributed by atoms with E-state index in [1.807, 2.05) is 24.3 Å². The van der Waals surface area contributed by atoms with Crippen molar-refractivity contribution >= 4 is 34.5 Å². The summed E-state index contributed by atoms with van der Waals surface area (Å²) in [6.07, 6.45) is 5.94. The number of methoxy groups -OCH3 is 1. The van der Waals surface area contributed by atoms with Gasteiger partial charge in [0, 0.05) is 54.3 Å². The number of carboxylic acids is 1. The molecule has 1 atom stereocenters. The number of aliphatic carboxylic acids is 1. The number of rotatable bonds is 8. The first-order valence-corrected chi connectivity index (χ1v) is 15.8. The molecule has 0 bridgehead atoms. The maximum Gasteiger partial charge on any atom is 0.326 e. The van der Waals surface area contributed by atoms with Gasteiger partial charge in [0.05, 0.1) is 19.3 Å². The molecule has 1 saturated carbocycles. The van der Waals surface area contributed by atoms with Crippen molar-refractivity contribution in [3.8, 4) is 22.8 Å². The van der Waals surface area contributed by atoms with Gasteiger partial charge in [-0.25, -0.2) is 9.59 Å². The minimum atomic E-state index is -1.14. The van der Waals surface area contributed by atoms with Crippen LogP contribution in [0.1, 0.15) is 59.5 Å². The maximum atomic E-state index is 13.6.